The predicted octanol–water partition coefficient (Wildman–Crippen LogP) is 1.85. The zero-order valence-electron chi connectivity index (χ0n) is 10.5. The van der Waals surface area contributed by atoms with E-state index in [1.807, 2.05) is 24.3 Å². The van der Waals surface area contributed by atoms with Crippen LogP contribution in [0.3, 0.4) is 0 Å². The van der Waals surface area contributed by atoms with Crippen LogP contribution >= 0.6 is 0 Å². The summed E-state index contributed by atoms with van der Waals surface area (Å²) in [7, 11) is 1.61. The average molecular weight is 256 g/mol. The highest BCUT2D eigenvalue weighted by atomic mass is 16.5. The number of aromatic nitrogens is 4. The van der Waals surface area contributed by atoms with E-state index >= 15 is 0 Å². The van der Waals surface area contributed by atoms with Gasteiger partial charge in [0.05, 0.1) is 12.8 Å². The number of nitrogens with one attached hydrogen (secondary N) is 1. The lowest BCUT2D eigenvalue weighted by molar-refractivity contribution is 0.111. The van der Waals surface area contributed by atoms with E-state index in [0.717, 1.165) is 17.6 Å². The van der Waals surface area contributed by atoms with E-state index in [1.165, 1.54) is 0 Å². The van der Waals surface area contributed by atoms with Gasteiger partial charge in [0.15, 0.2) is 12.1 Å². The molecule has 3 rings (SSSR count). The number of imidazole rings is 1. The number of rotatable bonds is 3. The summed E-state index contributed by atoms with van der Waals surface area (Å²) in [5, 5.41) is 3.06. The highest BCUT2D eigenvalue weighted by molar-refractivity contribution is 5.76. The number of aromatic amines is 1. The van der Waals surface area contributed by atoms with Gasteiger partial charge in [-0.05, 0) is 19.1 Å². The number of aryl methyl sites for hydroxylation is 1. The van der Waals surface area contributed by atoms with Gasteiger partial charge in [-0.3, -0.25) is 9.89 Å². The van der Waals surface area contributed by atoms with Crippen LogP contribution in [-0.2, 0) is 0 Å². The number of H-pyrrole nitrogens is 1. The summed E-state index contributed by atoms with van der Waals surface area (Å²) >= 11 is 0. The van der Waals surface area contributed by atoms with Gasteiger partial charge in [-0.15, -0.1) is 0 Å². The van der Waals surface area contributed by atoms with Crippen LogP contribution < -0.4 is 4.74 Å². The molecule has 0 amide bonds. The molecular formula is C13H12N4O2. The fourth-order valence-electron chi connectivity index (χ4n) is 1.98. The van der Waals surface area contributed by atoms with Crippen molar-refractivity contribution in [1.82, 2.24) is 19.6 Å². The summed E-state index contributed by atoms with van der Waals surface area (Å²) in [5.41, 5.74) is 2.02. The number of carbonyl (C=O) groups is 1. The second-order valence-corrected chi connectivity index (χ2v) is 4.14. The van der Waals surface area contributed by atoms with E-state index in [-0.39, 0.29) is 0 Å². The molecule has 1 N–H and O–H groups in total. The molecule has 0 atom stereocenters. The molecule has 6 heteroatoms. The summed E-state index contributed by atoms with van der Waals surface area (Å²) in [4.78, 5) is 19.6. The molecule has 0 aliphatic heterocycles. The smallest absolute Gasteiger partial charge is 0.251 e. The minimum absolute atomic E-state index is 0.483. The number of ether oxygens (including phenoxy) is 1. The third kappa shape index (κ3) is 1.77. The largest absolute Gasteiger partial charge is 0.497 e. The van der Waals surface area contributed by atoms with Crippen molar-refractivity contribution >= 4 is 12.1 Å². The molecule has 0 bridgehead atoms. The van der Waals surface area contributed by atoms with E-state index in [9.17, 15) is 4.79 Å². The number of methoxy groups -OCH3 is 1. The zero-order chi connectivity index (χ0) is 13.4. The molecular weight excluding hydrogens is 244 g/mol. The predicted molar refractivity (Wildman–Crippen MR) is 69.5 cm³/mol. The molecule has 3 aromatic rings. The summed E-state index contributed by atoms with van der Waals surface area (Å²) in [6.45, 7) is 1.78. The Labute approximate surface area is 109 Å². The van der Waals surface area contributed by atoms with E-state index < -0.39 is 0 Å². The maximum Gasteiger partial charge on any atom is 0.251 e. The van der Waals surface area contributed by atoms with E-state index in [2.05, 4.69) is 15.1 Å². The molecule has 2 heterocycles. The molecule has 1 aromatic carbocycles. The number of carbonyl (C=O) groups excluding carboxylic acids is 1. The summed E-state index contributed by atoms with van der Waals surface area (Å²) in [6, 6.07) is 7.52. The van der Waals surface area contributed by atoms with Crippen molar-refractivity contribution in [3.05, 3.63) is 35.7 Å². The third-order valence-electron chi connectivity index (χ3n) is 2.96. The normalized spacial score (nSPS) is 10.8. The minimum Gasteiger partial charge on any atom is -0.497 e. The Bertz CT molecular complexity index is 757. The summed E-state index contributed by atoms with van der Waals surface area (Å²) in [6.07, 6.45) is 0.767. The van der Waals surface area contributed by atoms with Gasteiger partial charge in [0, 0.05) is 5.56 Å². The van der Waals surface area contributed by atoms with E-state index in [4.69, 9.17) is 4.74 Å². The van der Waals surface area contributed by atoms with Crippen LogP contribution in [0, 0.1) is 6.92 Å². The number of hydrogen-bond acceptors (Lipinski definition) is 4. The van der Waals surface area contributed by atoms with Crippen molar-refractivity contribution in [2.75, 3.05) is 7.11 Å². The SMILES string of the molecule is COc1cccc(-c2nc3nc(C)c(C=O)n3[nH]2)c1. The number of fused-ring (bicyclic) bond motifs is 1. The van der Waals surface area contributed by atoms with Crippen LogP contribution in [0.4, 0.5) is 0 Å². The van der Waals surface area contributed by atoms with Crippen LogP contribution in [0.5, 0.6) is 5.75 Å². The van der Waals surface area contributed by atoms with E-state index in [0.29, 0.717) is 23.0 Å². The highest BCUT2D eigenvalue weighted by Gasteiger charge is 2.13. The minimum atomic E-state index is 0.483. The molecule has 0 radical (unpaired) electrons. The molecule has 0 saturated carbocycles. The first kappa shape index (κ1) is 11.5. The number of hydrogen-bond donors (Lipinski definition) is 1. The van der Waals surface area contributed by atoms with E-state index in [1.54, 1.807) is 18.5 Å². The summed E-state index contributed by atoms with van der Waals surface area (Å²) < 4.78 is 6.76. The van der Waals surface area contributed by atoms with Crippen molar-refractivity contribution in [2.24, 2.45) is 0 Å². The first-order valence-corrected chi connectivity index (χ1v) is 5.77. The first-order chi connectivity index (χ1) is 9.22. The van der Waals surface area contributed by atoms with Crippen LogP contribution in [0.1, 0.15) is 16.2 Å². The zero-order valence-corrected chi connectivity index (χ0v) is 10.5. The van der Waals surface area contributed by atoms with Gasteiger partial charge in [-0.2, -0.15) is 4.98 Å². The Morgan fingerprint density at radius 3 is 2.95 bits per heavy atom. The second kappa shape index (κ2) is 4.24. The lowest BCUT2D eigenvalue weighted by Crippen LogP contribution is -1.93. The maximum absolute atomic E-state index is 11.0. The fourth-order valence-corrected chi connectivity index (χ4v) is 1.98. The van der Waals surface area contributed by atoms with Gasteiger partial charge < -0.3 is 4.74 Å². The second-order valence-electron chi connectivity index (χ2n) is 4.14. The van der Waals surface area contributed by atoms with Gasteiger partial charge >= 0.3 is 0 Å². The molecule has 0 spiro atoms. The van der Waals surface area contributed by atoms with Crippen LogP contribution in [0.2, 0.25) is 0 Å². The number of aldehydes is 1. The Hall–Kier alpha value is -2.63. The standard InChI is InChI=1S/C13H12N4O2/c1-8-11(7-18)17-13(14-8)15-12(16-17)9-4-3-5-10(6-9)19-2/h3-7H,1-2H3,(H,14,15,16). The Kier molecular flexibility index (Phi) is 2.56. The molecule has 19 heavy (non-hydrogen) atoms. The maximum atomic E-state index is 11.0. The fraction of sp³-hybridized carbons (Fsp3) is 0.154. The monoisotopic (exact) mass is 256 g/mol. The van der Waals surface area contributed by atoms with Gasteiger partial charge in [-0.1, -0.05) is 12.1 Å². The first-order valence-electron chi connectivity index (χ1n) is 5.77. The van der Waals surface area contributed by atoms with Gasteiger partial charge in [0.1, 0.15) is 11.4 Å². The van der Waals surface area contributed by atoms with Crippen LogP contribution in [-0.4, -0.2) is 33.0 Å². The number of benzene rings is 1. The molecule has 0 fully saturated rings. The molecule has 2 aromatic heterocycles. The Morgan fingerprint density at radius 2 is 2.21 bits per heavy atom. The van der Waals surface area contributed by atoms with Gasteiger partial charge in [0.25, 0.3) is 5.78 Å². The molecule has 96 valence electrons. The Morgan fingerprint density at radius 1 is 1.37 bits per heavy atom. The van der Waals surface area contributed by atoms with Gasteiger partial charge in [-0.25, -0.2) is 9.50 Å². The van der Waals surface area contributed by atoms with Crippen molar-refractivity contribution in [1.29, 1.82) is 0 Å². The quantitative estimate of drug-likeness (QED) is 0.726. The lowest BCUT2D eigenvalue weighted by atomic mass is 10.2. The number of nitrogens with zero attached hydrogens (tertiary/aromatic N) is 3. The summed E-state index contributed by atoms with van der Waals surface area (Å²) in [5.74, 6) is 1.88. The van der Waals surface area contributed by atoms with Crippen molar-refractivity contribution in [3.8, 4) is 17.1 Å². The van der Waals surface area contributed by atoms with Crippen molar-refractivity contribution < 1.29 is 9.53 Å². The van der Waals surface area contributed by atoms with Gasteiger partial charge in [0.2, 0.25) is 0 Å². The molecule has 0 aliphatic rings. The molecule has 0 unspecified atom stereocenters. The van der Waals surface area contributed by atoms with Crippen LogP contribution in [0.15, 0.2) is 24.3 Å². The third-order valence-corrected chi connectivity index (χ3v) is 2.96. The Balaban J connectivity index is 2.15. The molecule has 0 saturated heterocycles. The van der Waals surface area contributed by atoms with Crippen molar-refractivity contribution in [3.63, 3.8) is 0 Å². The van der Waals surface area contributed by atoms with Crippen LogP contribution in [0.25, 0.3) is 17.2 Å². The topological polar surface area (TPSA) is 72.3 Å². The average Bonchev–Trinajstić information content (AvgIpc) is 2.95. The highest BCUT2D eigenvalue weighted by Crippen LogP contribution is 2.22. The molecule has 6 nitrogen and oxygen atoms in total. The van der Waals surface area contributed by atoms with Crippen molar-refractivity contribution in [2.45, 2.75) is 6.92 Å². The lowest BCUT2D eigenvalue weighted by Gasteiger charge is -2.01. The molecule has 0 aliphatic carbocycles.